The van der Waals surface area contributed by atoms with Crippen LogP contribution in [0.2, 0.25) is 0 Å². The number of nitrogens with one attached hydrogen (secondary N) is 1. The van der Waals surface area contributed by atoms with Crippen molar-refractivity contribution in [1.82, 2.24) is 10.3 Å². The number of benzene rings is 1. The molecule has 0 aliphatic rings. The fraction of sp³-hybridized carbons (Fsp3) is 0.286. The number of halogens is 1. The molecule has 1 aromatic heterocycles. The number of hydrogen-bond donors (Lipinski definition) is 2. The van der Waals surface area contributed by atoms with Crippen LogP contribution in [0.15, 0.2) is 34.1 Å². The molecule has 0 fully saturated rings. The zero-order valence-electron chi connectivity index (χ0n) is 11.3. The van der Waals surface area contributed by atoms with Gasteiger partial charge in [0, 0.05) is 28.5 Å². The van der Waals surface area contributed by atoms with E-state index in [4.69, 9.17) is 10.5 Å². The van der Waals surface area contributed by atoms with Gasteiger partial charge < -0.3 is 15.8 Å². The molecule has 0 saturated carbocycles. The number of amides is 1. The lowest BCUT2D eigenvalue weighted by atomic mass is 10.2. The predicted molar refractivity (Wildman–Crippen MR) is 87.5 cm³/mol. The van der Waals surface area contributed by atoms with E-state index in [0.29, 0.717) is 32.0 Å². The van der Waals surface area contributed by atoms with Crippen molar-refractivity contribution in [2.45, 2.75) is 0 Å². The minimum absolute atomic E-state index is 0.189. The molecular formula is C14H16BrN3O2S. The number of nitrogens with zero attached hydrogens (tertiary/aromatic N) is 1. The lowest BCUT2D eigenvalue weighted by Gasteiger charge is -2.03. The zero-order chi connectivity index (χ0) is 15.1. The maximum absolute atomic E-state index is 11.9. The summed E-state index contributed by atoms with van der Waals surface area (Å²) in [6.45, 7) is 1.88. The van der Waals surface area contributed by atoms with Crippen LogP contribution in [0.1, 0.15) is 10.5 Å². The van der Waals surface area contributed by atoms with Crippen LogP contribution >= 0.6 is 27.3 Å². The first-order valence-corrected chi connectivity index (χ1v) is 8.15. The third-order valence-corrected chi connectivity index (χ3v) is 4.04. The lowest BCUT2D eigenvalue weighted by Crippen LogP contribution is -2.28. The van der Waals surface area contributed by atoms with Gasteiger partial charge >= 0.3 is 0 Å². The molecule has 5 nitrogen and oxygen atoms in total. The number of carbonyl (C=O) groups excluding carboxylic acids is 1. The highest BCUT2D eigenvalue weighted by atomic mass is 79.9. The number of ether oxygens (including phenoxy) is 1. The predicted octanol–water partition coefficient (Wildman–Crippen LogP) is 2.28. The Morgan fingerprint density at radius 3 is 2.81 bits per heavy atom. The summed E-state index contributed by atoms with van der Waals surface area (Å²) in [5, 5.41) is 5.35. The molecular weight excluding hydrogens is 354 g/mol. The topological polar surface area (TPSA) is 77.2 Å². The van der Waals surface area contributed by atoms with E-state index in [2.05, 4.69) is 26.2 Å². The summed E-state index contributed by atoms with van der Waals surface area (Å²) < 4.78 is 6.21. The second-order valence-corrected chi connectivity index (χ2v) is 5.98. The Kier molecular flexibility index (Phi) is 6.31. The fourth-order valence-electron chi connectivity index (χ4n) is 1.62. The summed E-state index contributed by atoms with van der Waals surface area (Å²) in [7, 11) is 0. The Bertz CT molecular complexity index is 586. The summed E-state index contributed by atoms with van der Waals surface area (Å²) in [4.78, 5) is 16.3. The number of rotatable bonds is 7. The van der Waals surface area contributed by atoms with E-state index >= 15 is 0 Å². The molecule has 112 valence electrons. The van der Waals surface area contributed by atoms with Crippen LogP contribution in [0.25, 0.3) is 10.6 Å². The standard InChI is InChI=1S/C14H16BrN3O2S/c15-11-3-1-10(2-4-11)14-18-12(9-21-14)13(19)17-6-8-20-7-5-16/h1-4,9H,5-8,16H2,(H,17,19). The molecule has 0 aliphatic heterocycles. The molecule has 7 heteroatoms. The Morgan fingerprint density at radius 1 is 1.33 bits per heavy atom. The molecule has 0 bridgehead atoms. The van der Waals surface area contributed by atoms with Gasteiger partial charge in [0.2, 0.25) is 0 Å². The van der Waals surface area contributed by atoms with Crippen LogP contribution in [0.4, 0.5) is 0 Å². The van der Waals surface area contributed by atoms with E-state index in [1.807, 2.05) is 24.3 Å². The Balaban J connectivity index is 1.90. The minimum Gasteiger partial charge on any atom is -0.378 e. The second-order valence-electron chi connectivity index (χ2n) is 4.20. The third kappa shape index (κ3) is 4.89. The molecule has 1 amide bonds. The van der Waals surface area contributed by atoms with E-state index in [1.54, 1.807) is 5.38 Å². The zero-order valence-corrected chi connectivity index (χ0v) is 13.7. The summed E-state index contributed by atoms with van der Waals surface area (Å²) in [6, 6.07) is 7.83. The first kappa shape index (κ1) is 16.1. The van der Waals surface area contributed by atoms with Crippen molar-refractivity contribution in [3.63, 3.8) is 0 Å². The molecule has 0 saturated heterocycles. The number of nitrogens with two attached hydrogens (primary N) is 1. The van der Waals surface area contributed by atoms with Crippen LogP contribution in [0, 0.1) is 0 Å². The molecule has 21 heavy (non-hydrogen) atoms. The van der Waals surface area contributed by atoms with Crippen molar-refractivity contribution < 1.29 is 9.53 Å². The van der Waals surface area contributed by atoms with Gasteiger partial charge in [-0.3, -0.25) is 4.79 Å². The van der Waals surface area contributed by atoms with Crippen LogP contribution < -0.4 is 11.1 Å². The smallest absolute Gasteiger partial charge is 0.270 e. The van der Waals surface area contributed by atoms with Gasteiger partial charge in [-0.1, -0.05) is 28.1 Å². The number of hydrogen-bond acceptors (Lipinski definition) is 5. The Hall–Kier alpha value is -1.28. The average molecular weight is 370 g/mol. The van der Waals surface area contributed by atoms with Crippen molar-refractivity contribution in [3.05, 3.63) is 39.8 Å². The molecule has 0 unspecified atom stereocenters. The first-order chi connectivity index (χ1) is 10.2. The monoisotopic (exact) mass is 369 g/mol. The van der Waals surface area contributed by atoms with Crippen molar-refractivity contribution in [1.29, 1.82) is 0 Å². The highest BCUT2D eigenvalue weighted by molar-refractivity contribution is 9.10. The minimum atomic E-state index is -0.189. The molecule has 0 aliphatic carbocycles. The van der Waals surface area contributed by atoms with Gasteiger partial charge in [0.15, 0.2) is 0 Å². The highest BCUT2D eigenvalue weighted by Gasteiger charge is 2.11. The molecule has 1 heterocycles. The molecule has 0 atom stereocenters. The van der Waals surface area contributed by atoms with Crippen LogP contribution in [-0.4, -0.2) is 37.2 Å². The largest absolute Gasteiger partial charge is 0.378 e. The van der Waals surface area contributed by atoms with Crippen molar-refractivity contribution in [2.75, 3.05) is 26.3 Å². The van der Waals surface area contributed by atoms with E-state index in [1.165, 1.54) is 11.3 Å². The summed E-state index contributed by atoms with van der Waals surface area (Å²) in [5.41, 5.74) is 6.73. The van der Waals surface area contributed by atoms with E-state index < -0.39 is 0 Å². The van der Waals surface area contributed by atoms with Gasteiger partial charge in [0.25, 0.3) is 5.91 Å². The van der Waals surface area contributed by atoms with Gasteiger partial charge in [-0.15, -0.1) is 11.3 Å². The second kappa shape index (κ2) is 8.23. The van der Waals surface area contributed by atoms with E-state index in [-0.39, 0.29) is 5.91 Å². The number of carbonyl (C=O) groups is 1. The van der Waals surface area contributed by atoms with Gasteiger partial charge in [0.05, 0.1) is 13.2 Å². The lowest BCUT2D eigenvalue weighted by molar-refractivity contribution is 0.0916. The van der Waals surface area contributed by atoms with Crippen molar-refractivity contribution in [3.8, 4) is 10.6 Å². The van der Waals surface area contributed by atoms with Crippen molar-refractivity contribution >= 4 is 33.2 Å². The fourth-order valence-corrected chi connectivity index (χ4v) is 2.69. The average Bonchev–Trinajstić information content (AvgIpc) is 2.97. The number of aromatic nitrogens is 1. The van der Waals surface area contributed by atoms with E-state index in [9.17, 15) is 4.79 Å². The van der Waals surface area contributed by atoms with Gasteiger partial charge in [-0.25, -0.2) is 4.98 Å². The molecule has 3 N–H and O–H groups in total. The Morgan fingerprint density at radius 2 is 2.10 bits per heavy atom. The van der Waals surface area contributed by atoms with Gasteiger partial charge in [-0.05, 0) is 12.1 Å². The highest BCUT2D eigenvalue weighted by Crippen LogP contribution is 2.25. The molecule has 0 radical (unpaired) electrons. The van der Waals surface area contributed by atoms with E-state index in [0.717, 1.165) is 15.0 Å². The SMILES string of the molecule is NCCOCCNC(=O)c1csc(-c2ccc(Br)cc2)n1. The summed E-state index contributed by atoms with van der Waals surface area (Å²) in [5.74, 6) is -0.189. The number of thiazole rings is 1. The Labute approximate surface area is 135 Å². The normalized spacial score (nSPS) is 10.6. The first-order valence-electron chi connectivity index (χ1n) is 6.48. The van der Waals surface area contributed by atoms with Gasteiger partial charge in [-0.2, -0.15) is 0 Å². The maximum Gasteiger partial charge on any atom is 0.270 e. The summed E-state index contributed by atoms with van der Waals surface area (Å²) in [6.07, 6.45) is 0. The quantitative estimate of drug-likeness (QED) is 0.733. The summed E-state index contributed by atoms with van der Waals surface area (Å²) >= 11 is 4.84. The van der Waals surface area contributed by atoms with Crippen LogP contribution in [0.3, 0.4) is 0 Å². The molecule has 0 spiro atoms. The molecule has 2 rings (SSSR count). The molecule has 1 aromatic carbocycles. The van der Waals surface area contributed by atoms with Crippen LogP contribution in [0.5, 0.6) is 0 Å². The maximum atomic E-state index is 11.9. The van der Waals surface area contributed by atoms with Gasteiger partial charge in [0.1, 0.15) is 10.7 Å². The van der Waals surface area contributed by atoms with Crippen molar-refractivity contribution in [2.24, 2.45) is 5.73 Å². The van der Waals surface area contributed by atoms with Crippen LogP contribution in [-0.2, 0) is 4.74 Å². The molecule has 2 aromatic rings. The third-order valence-electron chi connectivity index (χ3n) is 2.62.